The summed E-state index contributed by atoms with van der Waals surface area (Å²) in [5.41, 5.74) is 4.12. The molecule has 1 aromatic rings. The zero-order chi connectivity index (χ0) is 14.0. The minimum atomic E-state index is 0.408. The minimum Gasteiger partial charge on any atom is -0.317 e. The smallest absolute Gasteiger partial charge is 0.132 e. The summed E-state index contributed by atoms with van der Waals surface area (Å²) < 4.78 is 0. The predicted molar refractivity (Wildman–Crippen MR) is 79.5 cm³/mol. The molecule has 1 unspecified atom stereocenters. The van der Waals surface area contributed by atoms with E-state index in [0.29, 0.717) is 11.3 Å². The molecule has 1 aliphatic carbocycles. The van der Waals surface area contributed by atoms with Crippen LogP contribution in [-0.4, -0.2) is 23.1 Å². The highest BCUT2D eigenvalue weighted by molar-refractivity contribution is 5.27. The van der Waals surface area contributed by atoms with Crippen molar-refractivity contribution < 1.29 is 0 Å². The van der Waals surface area contributed by atoms with E-state index in [4.69, 9.17) is 9.97 Å². The van der Waals surface area contributed by atoms with Crippen LogP contribution in [-0.2, 0) is 6.42 Å². The van der Waals surface area contributed by atoms with Gasteiger partial charge in [0.15, 0.2) is 0 Å². The van der Waals surface area contributed by atoms with Gasteiger partial charge in [-0.05, 0) is 57.2 Å². The molecule has 0 spiro atoms. The summed E-state index contributed by atoms with van der Waals surface area (Å²) >= 11 is 0. The van der Waals surface area contributed by atoms with Gasteiger partial charge in [-0.25, -0.2) is 9.97 Å². The molecule has 1 heterocycles. The number of aryl methyl sites for hydroxylation is 2. The van der Waals surface area contributed by atoms with Gasteiger partial charge in [0.25, 0.3) is 0 Å². The lowest BCUT2D eigenvalue weighted by atomic mass is 10.1. The summed E-state index contributed by atoms with van der Waals surface area (Å²) in [5, 5.41) is 3.37. The number of hydrogen-bond acceptors (Lipinski definition) is 3. The summed E-state index contributed by atoms with van der Waals surface area (Å²) in [4.78, 5) is 9.52. The Morgan fingerprint density at radius 1 is 1.21 bits per heavy atom. The van der Waals surface area contributed by atoms with Gasteiger partial charge in [0.05, 0.1) is 0 Å². The fourth-order valence-electron chi connectivity index (χ4n) is 2.76. The lowest BCUT2D eigenvalue weighted by Crippen LogP contribution is -2.15. The average Bonchev–Trinajstić information content (AvgIpc) is 2.96. The molecule has 0 saturated heterocycles. The highest BCUT2D eigenvalue weighted by atomic mass is 14.9. The molecule has 3 heteroatoms. The molecular weight excluding hydrogens is 234 g/mol. The zero-order valence-corrected chi connectivity index (χ0v) is 13.0. The summed E-state index contributed by atoms with van der Waals surface area (Å²) in [6.45, 7) is 13.1. The molecule has 1 N–H and O–H groups in total. The Bertz CT molecular complexity index is 428. The van der Waals surface area contributed by atoms with Crippen molar-refractivity contribution in [2.75, 3.05) is 13.1 Å². The second-order valence-corrected chi connectivity index (χ2v) is 6.43. The Morgan fingerprint density at radius 3 is 2.26 bits per heavy atom. The van der Waals surface area contributed by atoms with Crippen LogP contribution in [0.5, 0.6) is 0 Å². The Hall–Kier alpha value is -0.960. The monoisotopic (exact) mass is 261 g/mol. The van der Waals surface area contributed by atoms with Gasteiger partial charge >= 0.3 is 0 Å². The van der Waals surface area contributed by atoms with E-state index in [1.807, 2.05) is 0 Å². The topological polar surface area (TPSA) is 37.8 Å². The van der Waals surface area contributed by atoms with E-state index in [2.05, 4.69) is 39.9 Å². The Morgan fingerprint density at radius 2 is 1.79 bits per heavy atom. The number of hydrogen-bond donors (Lipinski definition) is 1. The maximum Gasteiger partial charge on any atom is 0.132 e. The average molecular weight is 261 g/mol. The van der Waals surface area contributed by atoms with Crippen molar-refractivity contribution in [2.45, 2.75) is 59.8 Å². The highest BCUT2D eigenvalue weighted by Gasteiger charge is 2.48. The quantitative estimate of drug-likeness (QED) is 0.799. The minimum absolute atomic E-state index is 0.408. The molecule has 0 bridgehead atoms. The third-order valence-electron chi connectivity index (χ3n) is 4.29. The second kappa shape index (κ2) is 5.58. The molecule has 2 rings (SSSR count). The zero-order valence-electron chi connectivity index (χ0n) is 13.0. The molecule has 0 radical (unpaired) electrons. The van der Waals surface area contributed by atoms with E-state index in [1.54, 1.807) is 0 Å². The van der Waals surface area contributed by atoms with Gasteiger partial charge in [-0.15, -0.1) is 0 Å². The molecular formula is C16H27N3. The Labute approximate surface area is 117 Å². The van der Waals surface area contributed by atoms with Crippen molar-refractivity contribution in [3.8, 4) is 0 Å². The van der Waals surface area contributed by atoms with Crippen molar-refractivity contribution in [3.05, 3.63) is 22.8 Å². The molecule has 1 saturated carbocycles. The van der Waals surface area contributed by atoms with Gasteiger partial charge < -0.3 is 5.32 Å². The van der Waals surface area contributed by atoms with Gasteiger partial charge in [0, 0.05) is 17.3 Å². The van der Waals surface area contributed by atoms with E-state index in [-0.39, 0.29) is 0 Å². The molecule has 1 aromatic heterocycles. The van der Waals surface area contributed by atoms with Gasteiger partial charge in [-0.3, -0.25) is 0 Å². The highest BCUT2D eigenvalue weighted by Crippen LogP contribution is 2.57. The fraction of sp³-hybridized carbons (Fsp3) is 0.750. The van der Waals surface area contributed by atoms with Crippen LogP contribution < -0.4 is 5.32 Å². The maximum atomic E-state index is 4.76. The van der Waals surface area contributed by atoms with E-state index in [1.165, 1.54) is 23.4 Å². The van der Waals surface area contributed by atoms with Crippen LogP contribution in [0.4, 0.5) is 0 Å². The lowest BCUT2D eigenvalue weighted by molar-refractivity contribution is 0.604. The number of nitrogens with one attached hydrogen (secondary N) is 1. The SMILES string of the molecule is CCNCCCc1c(C)nc(C2CC2(C)C)nc1C. The third-order valence-corrected chi connectivity index (χ3v) is 4.29. The largest absolute Gasteiger partial charge is 0.317 e. The van der Waals surface area contributed by atoms with Gasteiger partial charge in [0.1, 0.15) is 5.82 Å². The first-order valence-electron chi connectivity index (χ1n) is 7.50. The molecule has 3 nitrogen and oxygen atoms in total. The molecule has 0 aliphatic heterocycles. The summed E-state index contributed by atoms with van der Waals surface area (Å²) in [7, 11) is 0. The normalized spacial score (nSPS) is 20.6. The second-order valence-electron chi connectivity index (χ2n) is 6.43. The van der Waals surface area contributed by atoms with Crippen LogP contribution >= 0.6 is 0 Å². The summed E-state index contributed by atoms with van der Waals surface area (Å²) in [6.07, 6.45) is 3.47. The predicted octanol–water partition coefficient (Wildman–Crippen LogP) is 3.15. The fourth-order valence-corrected chi connectivity index (χ4v) is 2.76. The number of nitrogens with zero attached hydrogens (tertiary/aromatic N) is 2. The number of aromatic nitrogens is 2. The van der Waals surface area contributed by atoms with E-state index >= 15 is 0 Å². The lowest BCUT2D eigenvalue weighted by Gasteiger charge is -2.12. The molecule has 0 aromatic carbocycles. The Balaban J connectivity index is 2.05. The first kappa shape index (κ1) is 14.4. The standard InChI is InChI=1S/C16H27N3/c1-6-17-9-7-8-13-11(2)18-15(19-12(13)3)14-10-16(14,4)5/h14,17H,6-10H2,1-5H3. The molecule has 0 amide bonds. The van der Waals surface area contributed by atoms with Crippen molar-refractivity contribution in [1.29, 1.82) is 0 Å². The first-order chi connectivity index (χ1) is 8.95. The van der Waals surface area contributed by atoms with Gasteiger partial charge in [0.2, 0.25) is 0 Å². The molecule has 1 aliphatic rings. The van der Waals surface area contributed by atoms with Crippen LogP contribution in [0.3, 0.4) is 0 Å². The van der Waals surface area contributed by atoms with Crippen molar-refractivity contribution >= 4 is 0 Å². The van der Waals surface area contributed by atoms with Crippen LogP contribution in [0, 0.1) is 19.3 Å². The Kier molecular flexibility index (Phi) is 4.24. The van der Waals surface area contributed by atoms with Crippen molar-refractivity contribution in [3.63, 3.8) is 0 Å². The van der Waals surface area contributed by atoms with Crippen LogP contribution in [0.1, 0.15) is 62.3 Å². The van der Waals surface area contributed by atoms with E-state index in [0.717, 1.165) is 31.8 Å². The summed E-state index contributed by atoms with van der Waals surface area (Å²) in [6, 6.07) is 0. The van der Waals surface area contributed by atoms with E-state index < -0.39 is 0 Å². The molecule has 1 fully saturated rings. The van der Waals surface area contributed by atoms with Gasteiger partial charge in [-0.1, -0.05) is 20.8 Å². The van der Waals surface area contributed by atoms with Crippen LogP contribution in [0.2, 0.25) is 0 Å². The van der Waals surface area contributed by atoms with Crippen molar-refractivity contribution in [2.24, 2.45) is 5.41 Å². The molecule has 1 atom stereocenters. The van der Waals surface area contributed by atoms with Crippen LogP contribution in [0.15, 0.2) is 0 Å². The third kappa shape index (κ3) is 3.33. The van der Waals surface area contributed by atoms with Crippen molar-refractivity contribution in [1.82, 2.24) is 15.3 Å². The van der Waals surface area contributed by atoms with E-state index in [9.17, 15) is 0 Å². The molecule has 106 valence electrons. The molecule has 19 heavy (non-hydrogen) atoms. The van der Waals surface area contributed by atoms with Crippen LogP contribution in [0.25, 0.3) is 0 Å². The maximum absolute atomic E-state index is 4.76. The van der Waals surface area contributed by atoms with Gasteiger partial charge in [-0.2, -0.15) is 0 Å². The number of rotatable bonds is 6. The first-order valence-corrected chi connectivity index (χ1v) is 7.50. The summed E-state index contributed by atoms with van der Waals surface area (Å²) in [5.74, 6) is 1.64.